The highest BCUT2D eigenvalue weighted by Crippen LogP contribution is 2.76. The van der Waals surface area contributed by atoms with E-state index in [1.165, 1.54) is 44.9 Å². The van der Waals surface area contributed by atoms with Crippen LogP contribution in [0.1, 0.15) is 106 Å². The van der Waals surface area contributed by atoms with Gasteiger partial charge in [-0.05, 0) is 104 Å². The largest absolute Gasteiger partial charge is 0.459 e. The van der Waals surface area contributed by atoms with Crippen LogP contribution in [0.3, 0.4) is 0 Å². The third-order valence-corrected chi connectivity index (χ3v) is 12.3. The molecule has 0 aromatic rings. The quantitative estimate of drug-likeness (QED) is 0.523. The van der Waals surface area contributed by atoms with Crippen LogP contribution in [0.25, 0.3) is 0 Å². The van der Waals surface area contributed by atoms with E-state index in [4.69, 9.17) is 4.74 Å². The fraction of sp³-hybridized carbons (Fsp3) is 0.963. The first-order valence-corrected chi connectivity index (χ1v) is 12.8. The predicted octanol–water partition coefficient (Wildman–Crippen LogP) is 6.13. The van der Waals surface area contributed by atoms with E-state index in [1.807, 2.05) is 0 Å². The van der Waals surface area contributed by atoms with Gasteiger partial charge in [0.1, 0.15) is 5.60 Å². The summed E-state index contributed by atoms with van der Waals surface area (Å²) in [5.74, 6) is 2.59. The number of fused-ring (bicyclic) bond motifs is 5. The minimum absolute atomic E-state index is 0.0158. The van der Waals surface area contributed by atoms with E-state index in [2.05, 4.69) is 41.5 Å². The first kappa shape index (κ1) is 21.3. The monoisotopic (exact) mass is 416 g/mol. The predicted molar refractivity (Wildman–Crippen MR) is 119 cm³/mol. The van der Waals surface area contributed by atoms with Gasteiger partial charge in [-0.15, -0.1) is 0 Å². The van der Waals surface area contributed by atoms with Gasteiger partial charge in [0.15, 0.2) is 0 Å². The van der Waals surface area contributed by atoms with E-state index in [1.54, 1.807) is 0 Å². The van der Waals surface area contributed by atoms with Gasteiger partial charge < -0.3 is 9.84 Å². The first-order chi connectivity index (χ1) is 13.9. The number of carbonyl (C=O) groups excluding carboxylic acids is 1. The molecule has 0 unspecified atom stereocenters. The average Bonchev–Trinajstić information content (AvgIpc) is 3.20. The number of cyclic esters (lactones) is 1. The summed E-state index contributed by atoms with van der Waals surface area (Å²) in [7, 11) is 0. The molecule has 1 saturated heterocycles. The minimum Gasteiger partial charge on any atom is -0.459 e. The highest BCUT2D eigenvalue weighted by molar-refractivity contribution is 5.72. The Balaban J connectivity index is 1.49. The number of rotatable bonds is 1. The Kier molecular flexibility index (Phi) is 4.45. The topological polar surface area (TPSA) is 46.5 Å². The summed E-state index contributed by atoms with van der Waals surface area (Å²) in [4.78, 5) is 12.0. The van der Waals surface area contributed by atoms with Gasteiger partial charge in [0.25, 0.3) is 0 Å². The van der Waals surface area contributed by atoms with Crippen LogP contribution in [0.5, 0.6) is 0 Å². The number of aliphatic hydroxyl groups excluding tert-OH is 1. The van der Waals surface area contributed by atoms with E-state index in [-0.39, 0.29) is 23.1 Å². The van der Waals surface area contributed by atoms with Crippen LogP contribution in [0, 0.1) is 45.3 Å². The summed E-state index contributed by atoms with van der Waals surface area (Å²) in [6.45, 7) is 14.7. The molecule has 4 aliphatic carbocycles. The van der Waals surface area contributed by atoms with Crippen molar-refractivity contribution in [3.8, 4) is 0 Å². The third-order valence-electron chi connectivity index (χ3n) is 12.3. The maximum Gasteiger partial charge on any atom is 0.306 e. The van der Waals surface area contributed by atoms with Crippen molar-refractivity contribution in [3.63, 3.8) is 0 Å². The van der Waals surface area contributed by atoms with E-state index in [9.17, 15) is 9.90 Å². The molecule has 170 valence electrons. The van der Waals surface area contributed by atoms with Crippen LogP contribution < -0.4 is 0 Å². The molecule has 0 amide bonds. The molecule has 1 aliphatic heterocycles. The van der Waals surface area contributed by atoms with Gasteiger partial charge in [0.05, 0.1) is 6.10 Å². The van der Waals surface area contributed by atoms with Crippen molar-refractivity contribution in [2.24, 2.45) is 45.3 Å². The summed E-state index contributed by atoms with van der Waals surface area (Å²) in [6, 6.07) is 0. The number of hydrogen-bond donors (Lipinski definition) is 1. The molecule has 3 heteroatoms. The van der Waals surface area contributed by atoms with Crippen LogP contribution in [0.15, 0.2) is 0 Å². The lowest BCUT2D eigenvalue weighted by atomic mass is 9.35. The Morgan fingerprint density at radius 3 is 2.13 bits per heavy atom. The van der Waals surface area contributed by atoms with Crippen molar-refractivity contribution < 1.29 is 14.6 Å². The Morgan fingerprint density at radius 2 is 1.47 bits per heavy atom. The molecule has 3 nitrogen and oxygen atoms in total. The van der Waals surface area contributed by atoms with Crippen molar-refractivity contribution in [2.75, 3.05) is 0 Å². The molecular formula is C27H44O3. The second-order valence-electron chi connectivity index (χ2n) is 13.5. The van der Waals surface area contributed by atoms with Crippen molar-refractivity contribution in [1.29, 1.82) is 0 Å². The van der Waals surface area contributed by atoms with Gasteiger partial charge in [-0.1, -0.05) is 34.6 Å². The third kappa shape index (κ3) is 2.45. The van der Waals surface area contributed by atoms with Crippen LogP contribution in [-0.2, 0) is 9.53 Å². The molecular weight excluding hydrogens is 372 g/mol. The Labute approximate surface area is 183 Å². The smallest absolute Gasteiger partial charge is 0.306 e. The van der Waals surface area contributed by atoms with Crippen molar-refractivity contribution >= 4 is 5.97 Å². The molecule has 0 bridgehead atoms. The molecule has 0 radical (unpaired) electrons. The van der Waals surface area contributed by atoms with Crippen LogP contribution in [0.4, 0.5) is 0 Å². The zero-order valence-corrected chi connectivity index (χ0v) is 20.2. The summed E-state index contributed by atoms with van der Waals surface area (Å²) in [5.41, 5.74) is 0.822. The standard InChI is InChI=1S/C27H44O3/c1-23(2)19-10-15-26(5)20(24(19,3)13-11-21(23)28)8-7-17-18(9-14-25(17,26)4)27(6)16-12-22(29)30-27/h17-21,28H,7-16H2,1-6H3/t17-,18+,19-,20+,21+,24-,25+,26+,27-/m0/s1. The lowest BCUT2D eigenvalue weighted by Gasteiger charge is -2.70. The van der Waals surface area contributed by atoms with E-state index in [0.717, 1.165) is 18.8 Å². The Bertz CT molecular complexity index is 744. The number of ether oxygens (including phenoxy) is 1. The molecule has 0 aromatic carbocycles. The molecule has 1 heterocycles. The fourth-order valence-electron chi connectivity index (χ4n) is 10.4. The maximum atomic E-state index is 12.0. The highest BCUT2D eigenvalue weighted by Gasteiger charge is 2.69. The fourth-order valence-corrected chi connectivity index (χ4v) is 10.4. The molecule has 5 fully saturated rings. The summed E-state index contributed by atoms with van der Waals surface area (Å²) in [6.07, 6.45) is 11.2. The normalized spacial score (nSPS) is 57.3. The van der Waals surface area contributed by atoms with Crippen LogP contribution in [-0.4, -0.2) is 22.8 Å². The van der Waals surface area contributed by atoms with Crippen molar-refractivity contribution in [2.45, 2.75) is 117 Å². The summed E-state index contributed by atoms with van der Waals surface area (Å²) < 4.78 is 5.97. The van der Waals surface area contributed by atoms with Gasteiger partial charge in [0.2, 0.25) is 0 Å². The van der Waals surface area contributed by atoms with Crippen LogP contribution >= 0.6 is 0 Å². The van der Waals surface area contributed by atoms with Gasteiger partial charge in [-0.25, -0.2) is 0 Å². The average molecular weight is 417 g/mol. The lowest BCUT2D eigenvalue weighted by Crippen LogP contribution is -2.64. The van der Waals surface area contributed by atoms with Gasteiger partial charge >= 0.3 is 5.97 Å². The summed E-state index contributed by atoms with van der Waals surface area (Å²) >= 11 is 0. The minimum atomic E-state index is -0.235. The van der Waals surface area contributed by atoms with Gasteiger partial charge in [-0.3, -0.25) is 4.79 Å². The zero-order chi connectivity index (χ0) is 21.7. The molecule has 4 saturated carbocycles. The second-order valence-corrected chi connectivity index (χ2v) is 13.5. The molecule has 5 rings (SSSR count). The lowest BCUT2D eigenvalue weighted by molar-refractivity contribution is -0.225. The van der Waals surface area contributed by atoms with Gasteiger partial charge in [-0.2, -0.15) is 0 Å². The second kappa shape index (κ2) is 6.27. The number of aliphatic hydroxyl groups is 1. The van der Waals surface area contributed by atoms with Crippen molar-refractivity contribution in [1.82, 2.24) is 0 Å². The first-order valence-electron chi connectivity index (χ1n) is 12.8. The summed E-state index contributed by atoms with van der Waals surface area (Å²) in [5, 5.41) is 10.8. The molecule has 5 aliphatic rings. The van der Waals surface area contributed by atoms with Crippen molar-refractivity contribution in [3.05, 3.63) is 0 Å². The Hall–Kier alpha value is -0.570. The number of hydrogen-bond acceptors (Lipinski definition) is 3. The van der Waals surface area contributed by atoms with E-state index < -0.39 is 0 Å². The molecule has 30 heavy (non-hydrogen) atoms. The Morgan fingerprint density at radius 1 is 0.767 bits per heavy atom. The van der Waals surface area contributed by atoms with Gasteiger partial charge in [0, 0.05) is 12.3 Å². The molecule has 1 N–H and O–H groups in total. The highest BCUT2D eigenvalue weighted by atomic mass is 16.6. The SMILES string of the molecule is CC1(C)[C@H](O)CC[C@]2(C)[C@H]3CC[C@H]4[C@H]([C@]5(C)CCC(=O)O5)CC[C@@]4(C)[C@]3(C)CC[C@@H]12. The van der Waals surface area contributed by atoms with E-state index in [0.29, 0.717) is 40.4 Å². The maximum absolute atomic E-state index is 12.0. The van der Waals surface area contributed by atoms with E-state index >= 15 is 0 Å². The number of esters is 1. The zero-order valence-electron chi connectivity index (χ0n) is 20.2. The molecule has 0 spiro atoms. The molecule has 0 aromatic heterocycles. The van der Waals surface area contributed by atoms with Crippen LogP contribution in [0.2, 0.25) is 0 Å². The molecule has 9 atom stereocenters. The number of carbonyl (C=O) groups is 1.